The summed E-state index contributed by atoms with van der Waals surface area (Å²) in [5.74, 6) is 0.539. The van der Waals surface area contributed by atoms with Gasteiger partial charge in [-0.3, -0.25) is 0 Å². The molecule has 0 unspecified atom stereocenters. The van der Waals surface area contributed by atoms with Gasteiger partial charge in [0, 0.05) is 0 Å². The molecule has 1 N–H and O–H groups in total. The molecule has 0 heterocycles. The quantitative estimate of drug-likeness (QED) is 0.800. The molecule has 1 aromatic carbocycles. The molecule has 0 spiro atoms. The minimum absolute atomic E-state index is 0.490. The molecule has 0 atom stereocenters. The van der Waals surface area contributed by atoms with Crippen molar-refractivity contribution in [2.24, 2.45) is 0 Å². The first-order valence-corrected chi connectivity index (χ1v) is 5.92. The van der Waals surface area contributed by atoms with E-state index in [2.05, 4.69) is 39.0 Å². The summed E-state index contributed by atoms with van der Waals surface area (Å²) in [5.41, 5.74) is 3.33. The summed E-state index contributed by atoms with van der Waals surface area (Å²) in [6.45, 7) is 6.54. The molecule has 15 heavy (non-hydrogen) atoms. The van der Waals surface area contributed by atoms with Crippen molar-refractivity contribution in [2.75, 3.05) is 0 Å². The average molecular weight is 204 g/mol. The van der Waals surface area contributed by atoms with Crippen LogP contribution >= 0.6 is 0 Å². The van der Waals surface area contributed by atoms with Crippen LogP contribution in [0.1, 0.15) is 56.2 Å². The molecular formula is C14H20O. The minimum atomic E-state index is -0.490. The van der Waals surface area contributed by atoms with Crippen molar-refractivity contribution in [1.29, 1.82) is 0 Å². The molecule has 0 radical (unpaired) electrons. The van der Waals surface area contributed by atoms with E-state index in [1.165, 1.54) is 16.7 Å². The maximum Gasteiger partial charge on any atom is 0.0901 e. The van der Waals surface area contributed by atoms with Crippen LogP contribution in [-0.4, -0.2) is 5.11 Å². The summed E-state index contributed by atoms with van der Waals surface area (Å²) in [6, 6.07) is 6.58. The minimum Gasteiger partial charge on any atom is -0.385 e. The molecule has 0 bridgehead atoms. The van der Waals surface area contributed by atoms with Gasteiger partial charge in [0.15, 0.2) is 0 Å². The van der Waals surface area contributed by atoms with Crippen LogP contribution in [0, 0.1) is 0 Å². The summed E-state index contributed by atoms with van der Waals surface area (Å²) in [4.78, 5) is 0. The van der Waals surface area contributed by atoms with Gasteiger partial charge in [0.25, 0.3) is 0 Å². The molecule has 0 aliphatic heterocycles. The molecule has 1 aliphatic carbocycles. The lowest BCUT2D eigenvalue weighted by atomic mass is 9.92. The first kappa shape index (κ1) is 10.7. The van der Waals surface area contributed by atoms with Crippen molar-refractivity contribution in [1.82, 2.24) is 0 Å². The fourth-order valence-corrected chi connectivity index (χ4v) is 2.08. The van der Waals surface area contributed by atoms with E-state index in [-0.39, 0.29) is 0 Å². The highest BCUT2D eigenvalue weighted by atomic mass is 16.3. The maximum atomic E-state index is 10.2. The Labute approximate surface area is 92.1 Å². The Morgan fingerprint density at radius 2 is 2.00 bits per heavy atom. The Balaban J connectivity index is 2.44. The van der Waals surface area contributed by atoms with E-state index in [1.54, 1.807) is 0 Å². The normalized spacial score (nSPS) is 18.2. The van der Waals surface area contributed by atoms with Gasteiger partial charge in [-0.25, -0.2) is 0 Å². The van der Waals surface area contributed by atoms with E-state index in [0.717, 1.165) is 19.3 Å². The third-order valence-electron chi connectivity index (χ3n) is 3.41. The zero-order valence-electron chi connectivity index (χ0n) is 9.88. The van der Waals surface area contributed by atoms with Crippen molar-refractivity contribution < 1.29 is 5.11 Å². The number of rotatable bonds is 3. The van der Waals surface area contributed by atoms with Gasteiger partial charge >= 0.3 is 0 Å². The first-order chi connectivity index (χ1) is 7.07. The van der Waals surface area contributed by atoms with Gasteiger partial charge in [0.05, 0.1) is 5.60 Å². The number of hydrogen-bond donors (Lipinski definition) is 1. The Hall–Kier alpha value is -0.820. The Kier molecular flexibility index (Phi) is 2.59. The van der Waals surface area contributed by atoms with Gasteiger partial charge in [-0.15, -0.1) is 0 Å². The second-order valence-electron chi connectivity index (χ2n) is 4.96. The second-order valence-corrected chi connectivity index (χ2v) is 4.96. The van der Waals surface area contributed by atoms with Crippen LogP contribution in [0.3, 0.4) is 0 Å². The molecule has 1 heteroatoms. The average Bonchev–Trinajstić information content (AvgIpc) is 2.96. The molecule has 1 aliphatic rings. The summed E-state index contributed by atoms with van der Waals surface area (Å²) >= 11 is 0. The van der Waals surface area contributed by atoms with Gasteiger partial charge < -0.3 is 5.11 Å². The number of hydrogen-bond acceptors (Lipinski definition) is 1. The van der Waals surface area contributed by atoms with Gasteiger partial charge in [-0.1, -0.05) is 39.0 Å². The van der Waals surface area contributed by atoms with Gasteiger partial charge in [-0.05, 0) is 41.9 Å². The fraction of sp³-hybridized carbons (Fsp3) is 0.571. The van der Waals surface area contributed by atoms with Crippen molar-refractivity contribution in [3.05, 3.63) is 34.9 Å². The molecule has 2 rings (SSSR count). The SMILES string of the molecule is CCc1ccc(C(C)C)cc1C1(O)CC1. The van der Waals surface area contributed by atoms with E-state index < -0.39 is 5.60 Å². The van der Waals surface area contributed by atoms with E-state index >= 15 is 0 Å². The lowest BCUT2D eigenvalue weighted by Gasteiger charge is -2.16. The van der Waals surface area contributed by atoms with Crippen LogP contribution in [0.25, 0.3) is 0 Å². The Bertz CT molecular complexity index is 362. The van der Waals surface area contributed by atoms with E-state index in [4.69, 9.17) is 0 Å². The van der Waals surface area contributed by atoms with Crippen LogP contribution in [0.4, 0.5) is 0 Å². The predicted molar refractivity (Wildman–Crippen MR) is 63.0 cm³/mol. The zero-order chi connectivity index (χ0) is 11.1. The van der Waals surface area contributed by atoms with E-state index in [0.29, 0.717) is 5.92 Å². The van der Waals surface area contributed by atoms with Crippen LogP contribution in [0.2, 0.25) is 0 Å². The predicted octanol–water partition coefficient (Wildman–Crippen LogP) is 3.35. The highest BCUT2D eigenvalue weighted by Crippen LogP contribution is 2.47. The summed E-state index contributed by atoms with van der Waals surface area (Å²) in [5, 5.41) is 10.2. The van der Waals surface area contributed by atoms with Crippen molar-refractivity contribution in [3.63, 3.8) is 0 Å². The van der Waals surface area contributed by atoms with Crippen molar-refractivity contribution in [3.8, 4) is 0 Å². The second kappa shape index (κ2) is 3.64. The summed E-state index contributed by atoms with van der Waals surface area (Å²) < 4.78 is 0. The Morgan fingerprint density at radius 3 is 2.47 bits per heavy atom. The third-order valence-corrected chi connectivity index (χ3v) is 3.41. The number of aliphatic hydroxyl groups is 1. The monoisotopic (exact) mass is 204 g/mol. The molecule has 1 nitrogen and oxygen atoms in total. The fourth-order valence-electron chi connectivity index (χ4n) is 2.08. The highest BCUT2D eigenvalue weighted by molar-refractivity contribution is 5.40. The van der Waals surface area contributed by atoms with E-state index in [9.17, 15) is 5.11 Å². The molecular weight excluding hydrogens is 184 g/mol. The van der Waals surface area contributed by atoms with Crippen LogP contribution < -0.4 is 0 Å². The van der Waals surface area contributed by atoms with Crippen molar-refractivity contribution in [2.45, 2.75) is 51.6 Å². The molecule has 0 aromatic heterocycles. The van der Waals surface area contributed by atoms with E-state index in [1.807, 2.05) is 0 Å². The molecule has 1 saturated carbocycles. The molecule has 0 saturated heterocycles. The third kappa shape index (κ3) is 1.93. The van der Waals surface area contributed by atoms with Gasteiger partial charge in [-0.2, -0.15) is 0 Å². The van der Waals surface area contributed by atoms with Crippen LogP contribution in [0.5, 0.6) is 0 Å². The zero-order valence-corrected chi connectivity index (χ0v) is 9.88. The lowest BCUT2D eigenvalue weighted by Crippen LogP contribution is -2.09. The van der Waals surface area contributed by atoms with Crippen LogP contribution in [-0.2, 0) is 12.0 Å². The van der Waals surface area contributed by atoms with Gasteiger partial charge in [0.2, 0.25) is 0 Å². The summed E-state index contributed by atoms with van der Waals surface area (Å²) in [7, 11) is 0. The largest absolute Gasteiger partial charge is 0.385 e. The molecule has 0 amide bonds. The topological polar surface area (TPSA) is 20.2 Å². The standard InChI is InChI=1S/C14H20O/c1-4-11-5-6-12(10(2)3)9-13(11)14(15)7-8-14/h5-6,9-10,15H,4,7-8H2,1-3H3. The highest BCUT2D eigenvalue weighted by Gasteiger charge is 2.43. The summed E-state index contributed by atoms with van der Waals surface area (Å²) in [6.07, 6.45) is 2.87. The molecule has 1 fully saturated rings. The lowest BCUT2D eigenvalue weighted by molar-refractivity contribution is 0.150. The number of benzene rings is 1. The molecule has 1 aromatic rings. The van der Waals surface area contributed by atoms with Gasteiger partial charge in [0.1, 0.15) is 0 Å². The van der Waals surface area contributed by atoms with Crippen LogP contribution in [0.15, 0.2) is 18.2 Å². The maximum absolute atomic E-state index is 10.2. The number of aryl methyl sites for hydroxylation is 1. The van der Waals surface area contributed by atoms with Crippen molar-refractivity contribution >= 4 is 0 Å². The first-order valence-electron chi connectivity index (χ1n) is 5.92. The molecule has 82 valence electrons. The smallest absolute Gasteiger partial charge is 0.0901 e. The Morgan fingerprint density at radius 1 is 1.33 bits per heavy atom.